The van der Waals surface area contributed by atoms with Crippen LogP contribution in [0.4, 0.5) is 0 Å². The predicted molar refractivity (Wildman–Crippen MR) is 92.9 cm³/mol. The van der Waals surface area contributed by atoms with E-state index in [4.69, 9.17) is 25.2 Å². The fourth-order valence-corrected chi connectivity index (χ4v) is 2.89. The Labute approximate surface area is 153 Å². The predicted octanol–water partition coefficient (Wildman–Crippen LogP) is 3.68. The van der Waals surface area contributed by atoms with Crippen molar-refractivity contribution in [2.24, 2.45) is 5.10 Å². The number of hydrazone groups is 1. The molecule has 4 heterocycles. The Hall–Kier alpha value is -3.06. The van der Waals surface area contributed by atoms with Crippen LogP contribution in [0.1, 0.15) is 24.0 Å². The van der Waals surface area contributed by atoms with Crippen molar-refractivity contribution >= 4 is 23.2 Å². The average Bonchev–Trinajstić information content (AvgIpc) is 3.41. The number of pyridine rings is 1. The summed E-state index contributed by atoms with van der Waals surface area (Å²) in [5.41, 5.74) is 0.671. The maximum atomic E-state index is 12.7. The molecule has 3 aromatic rings. The normalized spacial score (nSPS) is 16.6. The van der Waals surface area contributed by atoms with E-state index >= 15 is 0 Å². The Morgan fingerprint density at radius 1 is 1.23 bits per heavy atom. The molecule has 1 atom stereocenters. The topological polar surface area (TPSA) is 81.1 Å². The van der Waals surface area contributed by atoms with E-state index in [1.807, 2.05) is 6.07 Å². The van der Waals surface area contributed by atoms with Crippen LogP contribution in [0.3, 0.4) is 0 Å². The highest BCUT2D eigenvalue weighted by molar-refractivity contribution is 6.30. The maximum absolute atomic E-state index is 12.7. The third kappa shape index (κ3) is 3.21. The summed E-state index contributed by atoms with van der Waals surface area (Å²) in [6, 6.07) is 10.1. The van der Waals surface area contributed by atoms with E-state index in [0.717, 1.165) is 0 Å². The zero-order chi connectivity index (χ0) is 17.9. The quantitative estimate of drug-likeness (QED) is 0.639. The third-order valence-corrected chi connectivity index (χ3v) is 4.20. The van der Waals surface area contributed by atoms with Crippen molar-refractivity contribution in [3.05, 3.63) is 71.8 Å². The number of hydrogen-bond acceptors (Lipinski definition) is 6. The van der Waals surface area contributed by atoms with E-state index < -0.39 is 0 Å². The molecular weight excluding hydrogens is 358 g/mol. The average molecular weight is 372 g/mol. The number of hydrogen-bond donors (Lipinski definition) is 0. The zero-order valence-electron chi connectivity index (χ0n) is 13.5. The lowest BCUT2D eigenvalue weighted by Crippen LogP contribution is -2.31. The summed E-state index contributed by atoms with van der Waals surface area (Å²) in [5.74, 6) is 1.27. The van der Waals surface area contributed by atoms with Crippen LogP contribution in [0, 0.1) is 0 Å². The van der Waals surface area contributed by atoms with Gasteiger partial charge in [0.1, 0.15) is 23.3 Å². The van der Waals surface area contributed by atoms with Crippen LogP contribution in [-0.2, 0) is 4.79 Å². The van der Waals surface area contributed by atoms with E-state index in [0.29, 0.717) is 29.4 Å². The third-order valence-electron chi connectivity index (χ3n) is 3.92. The van der Waals surface area contributed by atoms with Gasteiger partial charge in [-0.25, -0.2) is 9.99 Å². The molecule has 7 nitrogen and oxygen atoms in total. The van der Waals surface area contributed by atoms with Crippen molar-refractivity contribution in [3.8, 4) is 5.75 Å². The minimum absolute atomic E-state index is 0.198. The molecule has 4 rings (SSSR count). The van der Waals surface area contributed by atoms with Gasteiger partial charge in [0.2, 0.25) is 0 Å². The lowest BCUT2D eigenvalue weighted by molar-refractivity contribution is -0.135. The highest BCUT2D eigenvalue weighted by Gasteiger charge is 2.35. The summed E-state index contributed by atoms with van der Waals surface area (Å²) in [7, 11) is 0. The van der Waals surface area contributed by atoms with Crippen LogP contribution in [0.25, 0.3) is 0 Å². The van der Waals surface area contributed by atoms with Crippen molar-refractivity contribution in [2.45, 2.75) is 12.5 Å². The molecule has 3 aromatic heterocycles. The van der Waals surface area contributed by atoms with Gasteiger partial charge in [0, 0.05) is 12.6 Å². The summed E-state index contributed by atoms with van der Waals surface area (Å²) in [6.45, 7) is -0.225. The minimum atomic E-state index is -0.356. The summed E-state index contributed by atoms with van der Waals surface area (Å²) in [5, 5.41) is 5.98. The number of carbonyl (C=O) groups is 1. The SMILES string of the molecule is O=C(COc1cccnc1Cl)N1N=C(c2ccco2)C[C@@H]1c1ccco1. The summed E-state index contributed by atoms with van der Waals surface area (Å²) in [4.78, 5) is 16.6. The Kier molecular flexibility index (Phi) is 4.45. The van der Waals surface area contributed by atoms with Gasteiger partial charge >= 0.3 is 0 Å². The monoisotopic (exact) mass is 371 g/mol. The maximum Gasteiger partial charge on any atom is 0.281 e. The molecule has 0 saturated carbocycles. The lowest BCUT2D eigenvalue weighted by Gasteiger charge is -2.20. The number of halogens is 1. The van der Waals surface area contributed by atoms with Gasteiger partial charge in [-0.3, -0.25) is 4.79 Å². The Morgan fingerprint density at radius 2 is 2.08 bits per heavy atom. The molecule has 1 amide bonds. The van der Waals surface area contributed by atoms with Gasteiger partial charge < -0.3 is 13.6 Å². The first-order chi connectivity index (χ1) is 12.7. The van der Waals surface area contributed by atoms with Gasteiger partial charge in [0.25, 0.3) is 5.91 Å². The lowest BCUT2D eigenvalue weighted by atomic mass is 10.1. The van der Waals surface area contributed by atoms with Gasteiger partial charge in [-0.05, 0) is 36.4 Å². The van der Waals surface area contributed by atoms with Gasteiger partial charge in [0.05, 0.1) is 12.5 Å². The Bertz CT molecular complexity index is 922. The Balaban J connectivity index is 1.54. The number of nitrogens with zero attached hydrogens (tertiary/aromatic N) is 3. The fourth-order valence-electron chi connectivity index (χ4n) is 2.72. The molecule has 0 bridgehead atoms. The van der Waals surface area contributed by atoms with Crippen molar-refractivity contribution < 1.29 is 18.4 Å². The van der Waals surface area contributed by atoms with E-state index in [1.54, 1.807) is 49.1 Å². The smallest absolute Gasteiger partial charge is 0.281 e. The van der Waals surface area contributed by atoms with E-state index in [1.165, 1.54) is 5.01 Å². The number of aromatic nitrogens is 1. The van der Waals surface area contributed by atoms with Gasteiger partial charge in [-0.15, -0.1) is 0 Å². The summed E-state index contributed by atoms with van der Waals surface area (Å²) < 4.78 is 16.4. The number of ether oxygens (including phenoxy) is 1. The van der Waals surface area contributed by atoms with Crippen LogP contribution in [-0.4, -0.2) is 28.2 Å². The van der Waals surface area contributed by atoms with Gasteiger partial charge in [0.15, 0.2) is 17.5 Å². The molecule has 8 heteroatoms. The molecule has 0 aromatic carbocycles. The number of furan rings is 2. The number of carbonyl (C=O) groups excluding carboxylic acids is 1. The van der Waals surface area contributed by atoms with Crippen molar-refractivity contribution in [3.63, 3.8) is 0 Å². The first-order valence-corrected chi connectivity index (χ1v) is 8.30. The van der Waals surface area contributed by atoms with Crippen LogP contribution >= 0.6 is 11.6 Å². The first kappa shape index (κ1) is 16.4. The standard InChI is InChI=1S/C18H14ClN3O4/c19-18-16(4-1-7-20-18)26-11-17(23)22-13(15-6-3-9-25-15)10-12(21-22)14-5-2-8-24-14/h1-9,13H,10-11H2/t13-/m1/s1. The molecule has 0 spiro atoms. The van der Waals surface area contributed by atoms with Gasteiger partial charge in [-0.1, -0.05) is 11.6 Å². The molecule has 132 valence electrons. The largest absolute Gasteiger partial charge is 0.480 e. The van der Waals surface area contributed by atoms with Crippen molar-refractivity contribution in [1.29, 1.82) is 0 Å². The van der Waals surface area contributed by atoms with Gasteiger partial charge in [-0.2, -0.15) is 5.10 Å². The zero-order valence-corrected chi connectivity index (χ0v) is 14.3. The first-order valence-electron chi connectivity index (χ1n) is 7.92. The van der Waals surface area contributed by atoms with Crippen molar-refractivity contribution in [2.75, 3.05) is 6.61 Å². The van der Waals surface area contributed by atoms with E-state index in [9.17, 15) is 4.79 Å². The molecular formula is C18H14ClN3O4. The van der Waals surface area contributed by atoms with Crippen LogP contribution in [0.15, 0.2) is 69.1 Å². The summed E-state index contributed by atoms with van der Waals surface area (Å²) >= 11 is 5.95. The molecule has 1 aliphatic rings. The summed E-state index contributed by atoms with van der Waals surface area (Å²) in [6.07, 6.45) is 5.16. The molecule has 0 N–H and O–H groups in total. The second-order valence-corrected chi connectivity index (χ2v) is 5.94. The molecule has 0 saturated heterocycles. The second kappa shape index (κ2) is 7.05. The second-order valence-electron chi connectivity index (χ2n) is 5.58. The molecule has 0 fully saturated rings. The van der Waals surface area contributed by atoms with Crippen LogP contribution in [0.2, 0.25) is 5.15 Å². The van der Waals surface area contributed by atoms with Crippen LogP contribution < -0.4 is 4.74 Å². The fraction of sp³-hybridized carbons (Fsp3) is 0.167. The highest BCUT2D eigenvalue weighted by Crippen LogP contribution is 2.33. The minimum Gasteiger partial charge on any atom is -0.480 e. The molecule has 26 heavy (non-hydrogen) atoms. The number of rotatable bonds is 5. The Morgan fingerprint density at radius 3 is 2.81 bits per heavy atom. The van der Waals surface area contributed by atoms with E-state index in [-0.39, 0.29) is 23.7 Å². The van der Waals surface area contributed by atoms with Crippen molar-refractivity contribution in [1.82, 2.24) is 9.99 Å². The molecule has 0 aliphatic carbocycles. The highest BCUT2D eigenvalue weighted by atomic mass is 35.5. The molecule has 0 radical (unpaired) electrons. The number of amides is 1. The van der Waals surface area contributed by atoms with E-state index in [2.05, 4.69) is 10.1 Å². The van der Waals surface area contributed by atoms with Crippen LogP contribution in [0.5, 0.6) is 5.75 Å². The molecule has 0 unspecified atom stereocenters. The molecule has 1 aliphatic heterocycles.